The maximum atomic E-state index is 12.5. The van der Waals surface area contributed by atoms with Crippen molar-refractivity contribution in [1.82, 2.24) is 10.2 Å². The fraction of sp³-hybridized carbons (Fsp3) is 0.588. The van der Waals surface area contributed by atoms with Gasteiger partial charge in [0, 0.05) is 6.54 Å². The van der Waals surface area contributed by atoms with Gasteiger partial charge in [-0.3, -0.25) is 10.1 Å². The highest BCUT2D eigenvalue weighted by Crippen LogP contribution is 2.28. The summed E-state index contributed by atoms with van der Waals surface area (Å²) < 4.78 is 0. The first-order valence-electron chi connectivity index (χ1n) is 7.66. The Labute approximate surface area is 122 Å². The second-order valence-electron chi connectivity index (χ2n) is 6.19. The van der Waals surface area contributed by atoms with Gasteiger partial charge in [-0.05, 0) is 31.2 Å². The minimum absolute atomic E-state index is 0.0341. The zero-order valence-electron chi connectivity index (χ0n) is 13.0. The summed E-state index contributed by atoms with van der Waals surface area (Å²) in [7, 11) is 0. The third-order valence-electron chi connectivity index (χ3n) is 3.82. The van der Waals surface area contributed by atoms with Gasteiger partial charge < -0.3 is 4.90 Å². The molecule has 1 fully saturated rings. The predicted molar refractivity (Wildman–Crippen MR) is 82.3 cm³/mol. The number of amides is 1. The van der Waals surface area contributed by atoms with Crippen LogP contribution >= 0.6 is 0 Å². The van der Waals surface area contributed by atoms with Gasteiger partial charge in [0.1, 0.15) is 6.17 Å². The van der Waals surface area contributed by atoms with Crippen molar-refractivity contribution in [1.29, 1.82) is 0 Å². The number of rotatable bonds is 5. The molecule has 20 heavy (non-hydrogen) atoms. The average molecular weight is 274 g/mol. The molecule has 0 spiro atoms. The van der Waals surface area contributed by atoms with Gasteiger partial charge in [-0.15, -0.1) is 0 Å². The molecule has 1 heterocycles. The molecule has 0 radical (unpaired) electrons. The van der Waals surface area contributed by atoms with Crippen LogP contribution in [0.5, 0.6) is 0 Å². The molecule has 2 unspecified atom stereocenters. The first-order chi connectivity index (χ1) is 9.52. The quantitative estimate of drug-likeness (QED) is 0.894. The first-order valence-corrected chi connectivity index (χ1v) is 7.66. The summed E-state index contributed by atoms with van der Waals surface area (Å²) in [6.07, 6.45) is 1.93. The van der Waals surface area contributed by atoms with E-state index >= 15 is 0 Å². The largest absolute Gasteiger partial charge is 0.322 e. The molecule has 1 N–H and O–H groups in total. The van der Waals surface area contributed by atoms with Crippen LogP contribution in [0.25, 0.3) is 0 Å². The highest BCUT2D eigenvalue weighted by atomic mass is 16.2. The highest BCUT2D eigenvalue weighted by molar-refractivity contribution is 5.84. The molecule has 0 saturated carbocycles. The fourth-order valence-electron chi connectivity index (χ4n) is 2.82. The lowest BCUT2D eigenvalue weighted by Gasteiger charge is -2.24. The average Bonchev–Trinajstić information content (AvgIpc) is 2.69. The normalized spacial score (nSPS) is 22.9. The van der Waals surface area contributed by atoms with Crippen molar-refractivity contribution in [3.63, 3.8) is 0 Å². The van der Waals surface area contributed by atoms with Crippen molar-refractivity contribution in [3.05, 3.63) is 35.4 Å². The van der Waals surface area contributed by atoms with E-state index in [1.165, 1.54) is 11.1 Å². The van der Waals surface area contributed by atoms with Crippen LogP contribution in [-0.2, 0) is 4.79 Å². The molecule has 1 saturated heterocycles. The maximum absolute atomic E-state index is 12.5. The number of benzene rings is 1. The van der Waals surface area contributed by atoms with Crippen LogP contribution in [0, 0.1) is 12.8 Å². The van der Waals surface area contributed by atoms with Gasteiger partial charge in [-0.2, -0.15) is 0 Å². The van der Waals surface area contributed by atoms with Crippen LogP contribution in [0.3, 0.4) is 0 Å². The van der Waals surface area contributed by atoms with E-state index in [2.05, 4.69) is 57.3 Å². The van der Waals surface area contributed by atoms with E-state index in [9.17, 15) is 4.79 Å². The third-order valence-corrected chi connectivity index (χ3v) is 3.82. The van der Waals surface area contributed by atoms with Gasteiger partial charge >= 0.3 is 0 Å². The highest BCUT2D eigenvalue weighted by Gasteiger charge is 2.38. The molecule has 3 nitrogen and oxygen atoms in total. The lowest BCUT2D eigenvalue weighted by atomic mass is 10.0. The Hall–Kier alpha value is -1.35. The zero-order chi connectivity index (χ0) is 14.7. The number of carbonyl (C=O) groups excluding carboxylic acids is 1. The molecule has 2 rings (SSSR count). The second-order valence-corrected chi connectivity index (χ2v) is 6.19. The summed E-state index contributed by atoms with van der Waals surface area (Å²) in [5, 5.41) is 3.52. The molecule has 3 heteroatoms. The van der Waals surface area contributed by atoms with E-state index < -0.39 is 0 Å². The lowest BCUT2D eigenvalue weighted by molar-refractivity contribution is -0.130. The van der Waals surface area contributed by atoms with Crippen molar-refractivity contribution in [3.8, 4) is 0 Å². The van der Waals surface area contributed by atoms with Gasteiger partial charge in [-0.1, -0.05) is 50.6 Å². The molecule has 1 amide bonds. The monoisotopic (exact) mass is 274 g/mol. The Morgan fingerprint density at radius 1 is 1.25 bits per heavy atom. The Morgan fingerprint density at radius 3 is 2.45 bits per heavy atom. The Morgan fingerprint density at radius 2 is 1.90 bits per heavy atom. The predicted octanol–water partition coefficient (Wildman–Crippen LogP) is 3.25. The Bertz CT molecular complexity index is 453. The van der Waals surface area contributed by atoms with Gasteiger partial charge in [0.15, 0.2) is 0 Å². The Balaban J connectivity index is 2.21. The molecule has 0 aliphatic carbocycles. The summed E-state index contributed by atoms with van der Waals surface area (Å²) in [6.45, 7) is 9.35. The number of hydrogen-bond acceptors (Lipinski definition) is 2. The summed E-state index contributed by atoms with van der Waals surface area (Å²) in [5.41, 5.74) is 2.43. The van der Waals surface area contributed by atoms with Gasteiger partial charge in [0.2, 0.25) is 5.91 Å². The molecular formula is C17H26N2O. The molecule has 0 aromatic heterocycles. The van der Waals surface area contributed by atoms with Gasteiger partial charge in [0.05, 0.1) is 6.04 Å². The van der Waals surface area contributed by atoms with Crippen LogP contribution in [-0.4, -0.2) is 23.4 Å². The molecule has 110 valence electrons. The molecule has 1 aromatic rings. The third kappa shape index (κ3) is 3.21. The van der Waals surface area contributed by atoms with Crippen LogP contribution in [0.2, 0.25) is 0 Å². The van der Waals surface area contributed by atoms with Gasteiger partial charge in [0.25, 0.3) is 0 Å². The molecular weight excluding hydrogens is 248 g/mol. The van der Waals surface area contributed by atoms with Gasteiger partial charge in [-0.25, -0.2) is 0 Å². The minimum atomic E-state index is -0.0344. The van der Waals surface area contributed by atoms with E-state index in [1.54, 1.807) is 0 Å². The van der Waals surface area contributed by atoms with E-state index in [4.69, 9.17) is 0 Å². The van der Waals surface area contributed by atoms with Crippen molar-refractivity contribution >= 4 is 5.91 Å². The van der Waals surface area contributed by atoms with Crippen molar-refractivity contribution in [2.75, 3.05) is 6.54 Å². The van der Waals surface area contributed by atoms with E-state index in [-0.39, 0.29) is 18.1 Å². The van der Waals surface area contributed by atoms with Crippen molar-refractivity contribution < 1.29 is 4.79 Å². The number of nitrogens with zero attached hydrogens (tertiary/aromatic N) is 1. The molecule has 1 aliphatic heterocycles. The second kappa shape index (κ2) is 6.40. The summed E-state index contributed by atoms with van der Waals surface area (Å²) in [4.78, 5) is 14.5. The van der Waals surface area contributed by atoms with Crippen LogP contribution in [0.4, 0.5) is 0 Å². The fourth-order valence-corrected chi connectivity index (χ4v) is 2.82. The topological polar surface area (TPSA) is 32.3 Å². The standard InChI is InChI=1S/C17H26N2O/c1-5-10-19-16(14-8-6-13(4)7-9-14)18-15(17(19)20)11-12(2)3/h6-9,12,15-16,18H,5,10-11H2,1-4H3. The molecule has 2 atom stereocenters. The first kappa shape index (κ1) is 15.0. The molecule has 1 aromatic carbocycles. The van der Waals surface area contributed by atoms with E-state index in [0.717, 1.165) is 19.4 Å². The van der Waals surface area contributed by atoms with E-state index in [1.807, 2.05) is 4.90 Å². The zero-order valence-corrected chi connectivity index (χ0v) is 13.0. The lowest BCUT2D eigenvalue weighted by Crippen LogP contribution is -2.32. The molecule has 0 bridgehead atoms. The minimum Gasteiger partial charge on any atom is -0.322 e. The summed E-state index contributed by atoms with van der Waals surface area (Å²) in [6, 6.07) is 8.44. The smallest absolute Gasteiger partial charge is 0.241 e. The number of carbonyl (C=O) groups is 1. The van der Waals surface area contributed by atoms with Crippen LogP contribution in [0.15, 0.2) is 24.3 Å². The number of aryl methyl sites for hydroxylation is 1. The Kier molecular flexibility index (Phi) is 4.81. The summed E-state index contributed by atoms with van der Waals surface area (Å²) in [5.74, 6) is 0.780. The SMILES string of the molecule is CCCN1C(=O)C(CC(C)C)NC1c1ccc(C)cc1. The van der Waals surface area contributed by atoms with Crippen LogP contribution in [0.1, 0.15) is 50.9 Å². The van der Waals surface area contributed by atoms with Crippen molar-refractivity contribution in [2.45, 2.75) is 52.7 Å². The van der Waals surface area contributed by atoms with Crippen LogP contribution < -0.4 is 5.32 Å². The van der Waals surface area contributed by atoms with Crippen molar-refractivity contribution in [2.24, 2.45) is 5.92 Å². The van der Waals surface area contributed by atoms with E-state index in [0.29, 0.717) is 5.92 Å². The molecule has 1 aliphatic rings. The summed E-state index contributed by atoms with van der Waals surface area (Å²) >= 11 is 0. The number of nitrogens with one attached hydrogen (secondary N) is 1. The number of hydrogen-bond donors (Lipinski definition) is 1. The maximum Gasteiger partial charge on any atom is 0.241 e.